The number of aryl methyl sites for hydroxylation is 2. The molecule has 0 radical (unpaired) electrons. The molecule has 11 heteroatoms. The molecule has 0 amide bonds. The predicted octanol–water partition coefficient (Wildman–Crippen LogP) is 3.90. The average molecular weight is 521 g/mol. The lowest BCUT2D eigenvalue weighted by Crippen LogP contribution is -2.28. The van der Waals surface area contributed by atoms with E-state index in [1.807, 2.05) is 0 Å². The Labute approximate surface area is 206 Å². The minimum Gasteiger partial charge on any atom is -0.507 e. The van der Waals surface area contributed by atoms with Crippen LogP contribution in [0.15, 0.2) is 42.7 Å². The van der Waals surface area contributed by atoms with E-state index in [9.17, 15) is 24.6 Å². The van der Waals surface area contributed by atoms with Gasteiger partial charge in [0.2, 0.25) is 0 Å². The predicted molar refractivity (Wildman–Crippen MR) is 128 cm³/mol. The Morgan fingerprint density at radius 2 is 1.31 bits per heavy atom. The van der Waals surface area contributed by atoms with Crippen LogP contribution in [0, 0.1) is 13.8 Å². The third-order valence-corrected chi connectivity index (χ3v) is 6.35. The Morgan fingerprint density at radius 1 is 0.886 bits per heavy atom. The molecule has 35 heavy (non-hydrogen) atoms. The maximum absolute atomic E-state index is 13.1. The van der Waals surface area contributed by atoms with Crippen LogP contribution < -0.4 is 11.3 Å². The Morgan fingerprint density at radius 3 is 1.71 bits per heavy atom. The first kappa shape index (κ1) is 24.6. The molecule has 182 valence electrons. The number of benzene rings is 2. The minimum atomic E-state index is -1.97. The summed E-state index contributed by atoms with van der Waals surface area (Å²) in [4.78, 5) is 39.0. The van der Waals surface area contributed by atoms with Crippen molar-refractivity contribution >= 4 is 51.1 Å². The molecule has 2 aromatic carbocycles. The van der Waals surface area contributed by atoms with Gasteiger partial charge in [-0.2, -0.15) is 0 Å². The van der Waals surface area contributed by atoms with Crippen LogP contribution in [0.3, 0.4) is 0 Å². The van der Waals surface area contributed by atoms with Gasteiger partial charge in [-0.1, -0.05) is 23.2 Å². The molecule has 0 saturated carbocycles. The third kappa shape index (κ3) is 4.22. The fourth-order valence-electron chi connectivity index (χ4n) is 3.76. The van der Waals surface area contributed by atoms with Gasteiger partial charge in [0, 0.05) is 10.0 Å². The van der Waals surface area contributed by atoms with Gasteiger partial charge in [-0.25, -0.2) is 9.59 Å². The highest BCUT2D eigenvalue weighted by Gasteiger charge is 2.37. The average Bonchev–Trinajstić information content (AvgIpc) is 2.79. The fourth-order valence-corrected chi connectivity index (χ4v) is 4.09. The number of aliphatic hydroxyl groups is 1. The number of halogens is 2. The molecule has 0 saturated heterocycles. The normalized spacial score (nSPS) is 11.5. The highest BCUT2D eigenvalue weighted by Crippen LogP contribution is 2.40. The van der Waals surface area contributed by atoms with E-state index in [2.05, 4.69) is 0 Å². The summed E-state index contributed by atoms with van der Waals surface area (Å²) in [5.74, 6) is -4.60. The molecule has 4 rings (SSSR count). The summed E-state index contributed by atoms with van der Waals surface area (Å²) in [6.07, 6.45) is 0. The molecular weight excluding hydrogens is 503 g/mol. The van der Waals surface area contributed by atoms with Crippen molar-refractivity contribution in [2.75, 3.05) is 13.2 Å². The number of rotatable bonds is 5. The lowest BCUT2D eigenvalue weighted by atomic mass is 9.90. The fraction of sp³-hybridized carbons (Fsp3) is 0.208. The summed E-state index contributed by atoms with van der Waals surface area (Å²) in [6.45, 7) is 2.28. The number of esters is 1. The lowest BCUT2D eigenvalue weighted by Gasteiger charge is -2.18. The van der Waals surface area contributed by atoms with Gasteiger partial charge in [0.1, 0.15) is 35.2 Å². The SMILES string of the molecule is Cc1cc2oc(=O)c(C(C(=O)OCCO)c3c(O)c4cc(Cl)c(C)cc4oc3=O)c(O)c2cc1Cl. The Bertz CT molecular complexity index is 1510. The van der Waals surface area contributed by atoms with Gasteiger partial charge in [0.25, 0.3) is 0 Å². The number of carbonyl (C=O) groups is 1. The summed E-state index contributed by atoms with van der Waals surface area (Å²) < 4.78 is 15.6. The summed E-state index contributed by atoms with van der Waals surface area (Å²) in [6, 6.07) is 5.51. The summed E-state index contributed by atoms with van der Waals surface area (Å²) >= 11 is 12.3. The van der Waals surface area contributed by atoms with Crippen molar-refractivity contribution in [2.24, 2.45) is 0 Å². The Hall–Kier alpha value is -3.53. The number of aliphatic hydroxyl groups excluding tert-OH is 1. The van der Waals surface area contributed by atoms with Gasteiger partial charge in [-0.3, -0.25) is 4.79 Å². The summed E-state index contributed by atoms with van der Waals surface area (Å²) in [7, 11) is 0. The Kier molecular flexibility index (Phi) is 6.50. The molecule has 2 aromatic heterocycles. The number of hydrogen-bond donors (Lipinski definition) is 3. The first-order valence-corrected chi connectivity index (χ1v) is 11.0. The van der Waals surface area contributed by atoms with E-state index in [0.29, 0.717) is 11.1 Å². The zero-order chi connectivity index (χ0) is 25.6. The van der Waals surface area contributed by atoms with Gasteiger partial charge in [-0.15, -0.1) is 0 Å². The van der Waals surface area contributed by atoms with Crippen LogP contribution in [0.25, 0.3) is 21.9 Å². The van der Waals surface area contributed by atoms with E-state index < -0.39 is 59.0 Å². The largest absolute Gasteiger partial charge is 0.507 e. The van der Waals surface area contributed by atoms with Crippen LogP contribution in [-0.2, 0) is 9.53 Å². The first-order chi connectivity index (χ1) is 16.5. The van der Waals surface area contributed by atoms with Gasteiger partial charge >= 0.3 is 17.2 Å². The van der Waals surface area contributed by atoms with E-state index in [1.54, 1.807) is 13.8 Å². The molecule has 0 atom stereocenters. The van der Waals surface area contributed by atoms with Crippen molar-refractivity contribution in [1.29, 1.82) is 0 Å². The highest BCUT2D eigenvalue weighted by molar-refractivity contribution is 6.32. The summed E-state index contributed by atoms with van der Waals surface area (Å²) in [5.41, 5.74) is -2.59. The third-order valence-electron chi connectivity index (χ3n) is 5.54. The molecule has 0 unspecified atom stereocenters. The minimum absolute atomic E-state index is 0.0153. The smallest absolute Gasteiger partial charge is 0.344 e. The second-order valence-electron chi connectivity index (χ2n) is 7.82. The van der Waals surface area contributed by atoms with Crippen LogP contribution in [0.2, 0.25) is 10.0 Å². The van der Waals surface area contributed by atoms with Crippen molar-refractivity contribution in [3.8, 4) is 11.5 Å². The zero-order valence-corrected chi connectivity index (χ0v) is 19.9. The van der Waals surface area contributed by atoms with Crippen molar-refractivity contribution in [3.63, 3.8) is 0 Å². The molecule has 9 nitrogen and oxygen atoms in total. The molecule has 2 heterocycles. The molecule has 3 N–H and O–H groups in total. The molecule has 0 bridgehead atoms. The van der Waals surface area contributed by atoms with Gasteiger partial charge < -0.3 is 28.9 Å². The van der Waals surface area contributed by atoms with Gasteiger partial charge in [0.05, 0.1) is 28.5 Å². The number of ether oxygens (including phenoxy) is 1. The lowest BCUT2D eigenvalue weighted by molar-refractivity contribution is -0.145. The first-order valence-electron chi connectivity index (χ1n) is 10.2. The molecule has 0 aliphatic carbocycles. The van der Waals surface area contributed by atoms with Crippen LogP contribution in [0.5, 0.6) is 11.5 Å². The number of aromatic hydroxyl groups is 2. The van der Waals surface area contributed by atoms with Crippen LogP contribution in [0.4, 0.5) is 0 Å². The highest BCUT2D eigenvalue weighted by atomic mass is 35.5. The van der Waals surface area contributed by atoms with Crippen molar-refractivity contribution < 1.29 is 33.7 Å². The van der Waals surface area contributed by atoms with E-state index in [4.69, 9.17) is 41.9 Å². The molecule has 0 aliphatic rings. The van der Waals surface area contributed by atoms with Crippen LogP contribution in [0.1, 0.15) is 28.2 Å². The second kappa shape index (κ2) is 9.26. The van der Waals surface area contributed by atoms with Crippen LogP contribution in [-0.4, -0.2) is 34.5 Å². The van der Waals surface area contributed by atoms with Gasteiger partial charge in [-0.05, 0) is 49.2 Å². The molecule has 0 aliphatic heterocycles. The quantitative estimate of drug-likeness (QED) is 0.263. The molecule has 0 fully saturated rings. The van der Waals surface area contributed by atoms with E-state index in [1.165, 1.54) is 24.3 Å². The topological polar surface area (TPSA) is 147 Å². The standard InChI is InChI=1S/C24H18Cl2O9/c1-9-5-15-11(7-13(9)25)20(28)18(23(31)34-15)17(22(30)33-4-3-27)19-21(29)12-8-14(26)10(2)6-16(12)35-24(19)32/h5-8,17,27-29H,3-4H2,1-2H3. The monoisotopic (exact) mass is 520 g/mol. The molecule has 4 aromatic rings. The maximum atomic E-state index is 13.1. The van der Waals surface area contributed by atoms with Gasteiger partial charge in [0.15, 0.2) is 0 Å². The van der Waals surface area contributed by atoms with Crippen molar-refractivity contribution in [2.45, 2.75) is 19.8 Å². The van der Waals surface area contributed by atoms with Crippen molar-refractivity contribution in [3.05, 3.63) is 77.4 Å². The van der Waals surface area contributed by atoms with E-state index in [-0.39, 0.29) is 32.0 Å². The Balaban J connectivity index is 2.08. The number of fused-ring (bicyclic) bond motifs is 2. The van der Waals surface area contributed by atoms with E-state index >= 15 is 0 Å². The maximum Gasteiger partial charge on any atom is 0.344 e. The molecule has 0 spiro atoms. The summed E-state index contributed by atoms with van der Waals surface area (Å²) in [5, 5.41) is 31.6. The van der Waals surface area contributed by atoms with E-state index in [0.717, 1.165) is 0 Å². The number of hydrogen-bond acceptors (Lipinski definition) is 9. The van der Waals surface area contributed by atoms with Crippen LogP contribution >= 0.6 is 23.2 Å². The number of carbonyl (C=O) groups excluding carboxylic acids is 1. The van der Waals surface area contributed by atoms with Crippen molar-refractivity contribution in [1.82, 2.24) is 0 Å². The zero-order valence-electron chi connectivity index (χ0n) is 18.3. The molecular formula is C24H18Cl2O9. The second-order valence-corrected chi connectivity index (χ2v) is 8.64.